The quantitative estimate of drug-likeness (QED) is 0.298. The molecular weight excluding hydrogens is 160 g/mol. The highest BCUT2D eigenvalue weighted by Gasteiger charge is 1.95. The Kier molecular flexibility index (Phi) is 4.45. The zero-order chi connectivity index (χ0) is 9.56. The average Bonchev–Trinajstić information content (AvgIpc) is 1.97. The summed E-state index contributed by atoms with van der Waals surface area (Å²) in [5.41, 5.74) is 0.179. The zero-order valence-electron chi connectivity index (χ0n) is 6.90. The van der Waals surface area contributed by atoms with E-state index in [1.165, 1.54) is 26.0 Å². The van der Waals surface area contributed by atoms with Gasteiger partial charge in [0, 0.05) is 12.5 Å². The minimum atomic E-state index is -0.998. The molecular formula is C8H10O4. The highest BCUT2D eigenvalue weighted by atomic mass is 16.5. The minimum absolute atomic E-state index is 0.179. The Balaban J connectivity index is 3.95. The van der Waals surface area contributed by atoms with Crippen LogP contribution in [0.15, 0.2) is 24.0 Å². The summed E-state index contributed by atoms with van der Waals surface area (Å²) >= 11 is 0. The van der Waals surface area contributed by atoms with Gasteiger partial charge in [0.05, 0.1) is 6.26 Å². The fraction of sp³-hybridized carbons (Fsp3) is 0.250. The normalized spacial score (nSPS) is 11.7. The van der Waals surface area contributed by atoms with Crippen molar-refractivity contribution in [3.63, 3.8) is 0 Å². The third-order valence-electron chi connectivity index (χ3n) is 0.996. The van der Waals surface area contributed by atoms with E-state index < -0.39 is 11.9 Å². The lowest BCUT2D eigenvalue weighted by molar-refractivity contribution is -0.135. The van der Waals surface area contributed by atoms with Gasteiger partial charge in [0.25, 0.3) is 0 Å². The van der Waals surface area contributed by atoms with E-state index in [0.717, 1.165) is 6.26 Å². The lowest BCUT2D eigenvalue weighted by atomic mass is 10.3. The van der Waals surface area contributed by atoms with E-state index in [0.29, 0.717) is 0 Å². The zero-order valence-corrected chi connectivity index (χ0v) is 6.90. The predicted octanol–water partition coefficient (Wildman–Crippen LogP) is 1.09. The average molecular weight is 170 g/mol. The molecule has 0 saturated carbocycles. The van der Waals surface area contributed by atoms with Gasteiger partial charge < -0.3 is 9.84 Å². The molecule has 1 N–H and O–H groups in total. The number of aliphatic carboxylic acids is 1. The summed E-state index contributed by atoms with van der Waals surface area (Å²) in [5, 5.41) is 8.38. The van der Waals surface area contributed by atoms with Gasteiger partial charge in [0.15, 0.2) is 0 Å². The summed E-state index contributed by atoms with van der Waals surface area (Å²) in [6.45, 7) is 2.71. The van der Waals surface area contributed by atoms with E-state index in [1.807, 2.05) is 0 Å². The van der Waals surface area contributed by atoms with Crippen molar-refractivity contribution in [1.29, 1.82) is 0 Å². The van der Waals surface area contributed by atoms with Gasteiger partial charge in [0.2, 0.25) is 0 Å². The number of carbonyl (C=O) groups is 2. The molecule has 0 aliphatic rings. The number of rotatable bonds is 3. The SMILES string of the molecule is CC(=O)OC=CC=C(C)C(=O)O. The molecule has 0 spiro atoms. The van der Waals surface area contributed by atoms with Crippen LogP contribution in [0, 0.1) is 0 Å². The molecule has 0 fully saturated rings. The maximum Gasteiger partial charge on any atom is 0.331 e. The van der Waals surface area contributed by atoms with Crippen molar-refractivity contribution >= 4 is 11.9 Å². The van der Waals surface area contributed by atoms with Crippen LogP contribution in [-0.2, 0) is 14.3 Å². The van der Waals surface area contributed by atoms with E-state index in [9.17, 15) is 9.59 Å². The van der Waals surface area contributed by atoms with Crippen LogP contribution in [0.3, 0.4) is 0 Å². The number of esters is 1. The highest BCUT2D eigenvalue weighted by Crippen LogP contribution is 1.92. The van der Waals surface area contributed by atoms with E-state index in [2.05, 4.69) is 4.74 Å². The molecule has 0 saturated heterocycles. The maximum atomic E-state index is 10.2. The van der Waals surface area contributed by atoms with Crippen molar-refractivity contribution in [2.75, 3.05) is 0 Å². The molecule has 0 unspecified atom stereocenters. The van der Waals surface area contributed by atoms with Crippen LogP contribution >= 0.6 is 0 Å². The van der Waals surface area contributed by atoms with Gasteiger partial charge in [-0.05, 0) is 19.1 Å². The van der Waals surface area contributed by atoms with Crippen LogP contribution in [0.5, 0.6) is 0 Å². The molecule has 0 rings (SSSR count). The largest absolute Gasteiger partial charge is 0.478 e. The summed E-state index contributed by atoms with van der Waals surface area (Å²) in [6, 6.07) is 0. The smallest absolute Gasteiger partial charge is 0.331 e. The van der Waals surface area contributed by atoms with Gasteiger partial charge in [-0.3, -0.25) is 4.79 Å². The van der Waals surface area contributed by atoms with E-state index in [-0.39, 0.29) is 5.57 Å². The Morgan fingerprint density at radius 1 is 1.33 bits per heavy atom. The predicted molar refractivity (Wildman–Crippen MR) is 42.3 cm³/mol. The number of carboxylic acid groups (broad SMARTS) is 1. The first kappa shape index (κ1) is 10.4. The van der Waals surface area contributed by atoms with Gasteiger partial charge in [-0.15, -0.1) is 0 Å². The molecule has 4 heteroatoms. The first-order valence-corrected chi connectivity index (χ1v) is 3.28. The molecule has 0 aliphatic heterocycles. The van der Waals surface area contributed by atoms with Crippen LogP contribution in [0.2, 0.25) is 0 Å². The third-order valence-corrected chi connectivity index (χ3v) is 0.996. The monoisotopic (exact) mass is 170 g/mol. The Hall–Kier alpha value is -1.58. The lowest BCUT2D eigenvalue weighted by Gasteiger charge is -1.89. The van der Waals surface area contributed by atoms with E-state index in [4.69, 9.17) is 5.11 Å². The number of hydrogen-bond donors (Lipinski definition) is 1. The number of ether oxygens (including phenoxy) is 1. The summed E-state index contributed by atoms with van der Waals surface area (Å²) in [7, 11) is 0. The Morgan fingerprint density at radius 2 is 1.92 bits per heavy atom. The molecule has 0 aromatic rings. The highest BCUT2D eigenvalue weighted by molar-refractivity contribution is 5.86. The topological polar surface area (TPSA) is 63.6 Å². The van der Waals surface area contributed by atoms with Crippen molar-refractivity contribution in [3.8, 4) is 0 Å². The van der Waals surface area contributed by atoms with Gasteiger partial charge in [-0.25, -0.2) is 4.79 Å². The number of hydrogen-bond acceptors (Lipinski definition) is 3. The minimum Gasteiger partial charge on any atom is -0.478 e. The molecule has 0 heterocycles. The van der Waals surface area contributed by atoms with Crippen LogP contribution in [0.4, 0.5) is 0 Å². The molecule has 0 aromatic carbocycles. The van der Waals surface area contributed by atoms with Crippen molar-refractivity contribution in [1.82, 2.24) is 0 Å². The van der Waals surface area contributed by atoms with Crippen LogP contribution in [0.25, 0.3) is 0 Å². The molecule has 12 heavy (non-hydrogen) atoms. The van der Waals surface area contributed by atoms with E-state index >= 15 is 0 Å². The fourth-order valence-electron chi connectivity index (χ4n) is 0.390. The summed E-state index contributed by atoms with van der Waals surface area (Å²) in [6.07, 6.45) is 3.82. The lowest BCUT2D eigenvalue weighted by Crippen LogP contribution is -1.95. The van der Waals surface area contributed by atoms with Crippen LogP contribution in [-0.4, -0.2) is 17.0 Å². The second-order valence-electron chi connectivity index (χ2n) is 2.09. The Labute approximate surface area is 70.1 Å². The summed E-state index contributed by atoms with van der Waals surface area (Å²) in [5.74, 6) is -1.44. The van der Waals surface area contributed by atoms with Crippen molar-refractivity contribution < 1.29 is 19.4 Å². The molecule has 0 atom stereocenters. The second-order valence-corrected chi connectivity index (χ2v) is 2.09. The standard InChI is InChI=1S/C8H10O4/c1-6(8(10)11)4-3-5-12-7(2)9/h3-5H,1-2H3,(H,10,11). The number of allylic oxidation sites excluding steroid dienone is 2. The van der Waals surface area contributed by atoms with Crippen molar-refractivity contribution in [2.45, 2.75) is 13.8 Å². The molecule has 0 amide bonds. The fourth-order valence-corrected chi connectivity index (χ4v) is 0.390. The molecule has 0 aliphatic carbocycles. The van der Waals surface area contributed by atoms with Crippen molar-refractivity contribution in [2.24, 2.45) is 0 Å². The number of carbonyl (C=O) groups excluding carboxylic acids is 1. The summed E-state index contributed by atoms with van der Waals surface area (Å²) < 4.78 is 4.42. The molecule has 0 radical (unpaired) electrons. The maximum absolute atomic E-state index is 10.2. The molecule has 0 bridgehead atoms. The van der Waals surface area contributed by atoms with E-state index in [1.54, 1.807) is 0 Å². The van der Waals surface area contributed by atoms with Gasteiger partial charge >= 0.3 is 11.9 Å². The first-order chi connectivity index (χ1) is 5.54. The second kappa shape index (κ2) is 5.12. The Bertz CT molecular complexity index is 237. The molecule has 4 nitrogen and oxygen atoms in total. The summed E-state index contributed by atoms with van der Waals surface area (Å²) in [4.78, 5) is 20.4. The van der Waals surface area contributed by atoms with Gasteiger partial charge in [0.1, 0.15) is 0 Å². The molecule has 0 aromatic heterocycles. The Morgan fingerprint density at radius 3 is 2.33 bits per heavy atom. The van der Waals surface area contributed by atoms with Gasteiger partial charge in [-0.2, -0.15) is 0 Å². The van der Waals surface area contributed by atoms with Crippen LogP contribution in [0.1, 0.15) is 13.8 Å². The van der Waals surface area contributed by atoms with Crippen LogP contribution < -0.4 is 0 Å². The number of carboxylic acids is 1. The molecule has 66 valence electrons. The van der Waals surface area contributed by atoms with Gasteiger partial charge in [-0.1, -0.05) is 0 Å². The first-order valence-electron chi connectivity index (χ1n) is 3.28. The van der Waals surface area contributed by atoms with Crippen molar-refractivity contribution in [3.05, 3.63) is 24.0 Å². The third kappa shape index (κ3) is 5.22.